The number of hydrogen-bond donors (Lipinski definition) is 2. The smallest absolute Gasteiger partial charge is 0.191 e. The highest BCUT2D eigenvalue weighted by Gasteiger charge is 2.34. The van der Waals surface area contributed by atoms with Crippen LogP contribution >= 0.6 is 24.0 Å². The van der Waals surface area contributed by atoms with Gasteiger partial charge in [0, 0.05) is 26.2 Å². The number of rotatable bonds is 7. The number of halogens is 1. The van der Waals surface area contributed by atoms with E-state index in [9.17, 15) is 0 Å². The first-order valence-electron chi connectivity index (χ1n) is 8.42. The van der Waals surface area contributed by atoms with Gasteiger partial charge in [0.2, 0.25) is 0 Å². The Balaban J connectivity index is 0.00000220. The summed E-state index contributed by atoms with van der Waals surface area (Å²) in [6.07, 6.45) is 9.32. The summed E-state index contributed by atoms with van der Waals surface area (Å²) in [7, 11) is 0. The Morgan fingerprint density at radius 3 is 2.57 bits per heavy atom. The van der Waals surface area contributed by atoms with Crippen LogP contribution in [0.25, 0.3) is 0 Å². The van der Waals surface area contributed by atoms with E-state index in [-0.39, 0.29) is 24.0 Å². The Morgan fingerprint density at radius 2 is 2.05 bits per heavy atom. The molecule has 2 N–H and O–H groups in total. The van der Waals surface area contributed by atoms with Gasteiger partial charge in [-0.3, -0.25) is 4.99 Å². The second-order valence-electron chi connectivity index (χ2n) is 6.25. The van der Waals surface area contributed by atoms with Crippen LogP contribution in [0.1, 0.15) is 58.8 Å². The molecule has 1 heterocycles. The van der Waals surface area contributed by atoms with Crippen LogP contribution < -0.4 is 10.6 Å². The summed E-state index contributed by atoms with van der Waals surface area (Å²) in [5.74, 6) is 0.977. The van der Waals surface area contributed by atoms with Gasteiger partial charge in [0.25, 0.3) is 0 Å². The molecule has 1 aliphatic carbocycles. The fraction of sp³-hybridized carbons (Fsp3) is 0.938. The van der Waals surface area contributed by atoms with Gasteiger partial charge in [0.1, 0.15) is 0 Å². The lowest BCUT2D eigenvalue weighted by Crippen LogP contribution is -2.40. The van der Waals surface area contributed by atoms with Crippen LogP contribution in [0.3, 0.4) is 0 Å². The molecule has 21 heavy (non-hydrogen) atoms. The first kappa shape index (κ1) is 19.0. The van der Waals surface area contributed by atoms with Gasteiger partial charge in [-0.1, -0.05) is 13.3 Å². The summed E-state index contributed by atoms with van der Waals surface area (Å²) >= 11 is 0. The monoisotopic (exact) mass is 409 g/mol. The molecule has 0 aromatic heterocycles. The first-order valence-corrected chi connectivity index (χ1v) is 8.42. The van der Waals surface area contributed by atoms with Gasteiger partial charge in [-0.2, -0.15) is 0 Å². The van der Waals surface area contributed by atoms with Crippen molar-refractivity contribution in [3.8, 4) is 0 Å². The Labute approximate surface area is 146 Å². The largest absolute Gasteiger partial charge is 0.378 e. The molecule has 0 radical (unpaired) electrons. The Bertz CT molecular complexity index is 307. The van der Waals surface area contributed by atoms with E-state index < -0.39 is 0 Å². The maximum atomic E-state index is 5.65. The van der Waals surface area contributed by atoms with E-state index >= 15 is 0 Å². The van der Waals surface area contributed by atoms with Gasteiger partial charge in [0.05, 0.1) is 6.10 Å². The molecular weight excluding hydrogens is 377 g/mol. The van der Waals surface area contributed by atoms with E-state index in [1.807, 2.05) is 0 Å². The molecule has 1 aliphatic heterocycles. The van der Waals surface area contributed by atoms with Gasteiger partial charge in [-0.25, -0.2) is 0 Å². The molecule has 2 aliphatic rings. The van der Waals surface area contributed by atoms with Crippen LogP contribution in [0.2, 0.25) is 0 Å². The van der Waals surface area contributed by atoms with Crippen molar-refractivity contribution in [3.63, 3.8) is 0 Å². The molecule has 0 amide bonds. The number of nitrogens with zero attached hydrogens (tertiary/aromatic N) is 1. The zero-order valence-electron chi connectivity index (χ0n) is 13.6. The topological polar surface area (TPSA) is 45.7 Å². The summed E-state index contributed by atoms with van der Waals surface area (Å²) < 4.78 is 5.65. The number of guanidine groups is 1. The standard InChI is InChI=1S/C16H31N3O.HI/c1-3-16(9-6-10-16)13-19-15(17-4-2)18-11-8-14-7-5-12-20-14;/h14H,3-13H2,1-2H3,(H2,17,18,19);1H. The number of aliphatic imine (C=N–C) groups is 1. The molecule has 0 spiro atoms. The fourth-order valence-corrected chi connectivity index (χ4v) is 3.11. The van der Waals surface area contributed by atoms with Crippen molar-refractivity contribution >= 4 is 29.9 Å². The van der Waals surface area contributed by atoms with Gasteiger partial charge in [-0.15, -0.1) is 24.0 Å². The maximum Gasteiger partial charge on any atom is 0.191 e. The van der Waals surface area contributed by atoms with Crippen molar-refractivity contribution in [1.29, 1.82) is 0 Å². The molecule has 0 aromatic rings. The molecule has 1 saturated carbocycles. The first-order chi connectivity index (χ1) is 9.78. The van der Waals surface area contributed by atoms with E-state index in [2.05, 4.69) is 24.5 Å². The third-order valence-electron chi connectivity index (χ3n) is 4.86. The molecule has 124 valence electrons. The van der Waals surface area contributed by atoms with E-state index in [0.717, 1.165) is 38.6 Å². The SMILES string of the molecule is CCNC(=NCC1(CC)CCC1)NCCC1CCCO1.I. The van der Waals surface area contributed by atoms with Crippen molar-refractivity contribution in [2.75, 3.05) is 26.2 Å². The molecule has 1 atom stereocenters. The molecular formula is C16H32IN3O. The lowest BCUT2D eigenvalue weighted by Gasteiger charge is -2.40. The van der Waals surface area contributed by atoms with E-state index in [0.29, 0.717) is 11.5 Å². The predicted molar refractivity (Wildman–Crippen MR) is 99.6 cm³/mol. The Morgan fingerprint density at radius 1 is 1.24 bits per heavy atom. The second-order valence-corrected chi connectivity index (χ2v) is 6.25. The highest BCUT2D eigenvalue weighted by atomic mass is 127. The fourth-order valence-electron chi connectivity index (χ4n) is 3.11. The molecule has 0 aromatic carbocycles. The van der Waals surface area contributed by atoms with Crippen LogP contribution in [0.5, 0.6) is 0 Å². The zero-order chi connectivity index (χ0) is 14.3. The summed E-state index contributed by atoms with van der Waals surface area (Å²) in [4.78, 5) is 4.80. The van der Waals surface area contributed by atoms with Crippen LogP contribution in [0, 0.1) is 5.41 Å². The number of hydrogen-bond acceptors (Lipinski definition) is 2. The second kappa shape index (κ2) is 9.87. The third kappa shape index (κ3) is 5.93. The predicted octanol–water partition coefficient (Wildman–Crippen LogP) is 3.31. The molecule has 4 nitrogen and oxygen atoms in total. The average Bonchev–Trinajstić information content (AvgIpc) is 2.91. The highest BCUT2D eigenvalue weighted by molar-refractivity contribution is 14.0. The third-order valence-corrected chi connectivity index (χ3v) is 4.86. The average molecular weight is 409 g/mol. The number of nitrogens with one attached hydrogen (secondary N) is 2. The zero-order valence-corrected chi connectivity index (χ0v) is 15.9. The molecule has 1 unspecified atom stereocenters. The minimum absolute atomic E-state index is 0. The van der Waals surface area contributed by atoms with Crippen LogP contribution in [-0.2, 0) is 4.74 Å². The molecule has 2 fully saturated rings. The van der Waals surface area contributed by atoms with Crippen molar-refractivity contribution in [2.45, 2.75) is 64.9 Å². The van der Waals surface area contributed by atoms with E-state index in [1.165, 1.54) is 38.5 Å². The number of ether oxygens (including phenoxy) is 1. The molecule has 0 bridgehead atoms. The van der Waals surface area contributed by atoms with E-state index in [4.69, 9.17) is 9.73 Å². The van der Waals surface area contributed by atoms with Crippen LogP contribution in [0.4, 0.5) is 0 Å². The van der Waals surface area contributed by atoms with Gasteiger partial charge >= 0.3 is 0 Å². The van der Waals surface area contributed by atoms with E-state index in [1.54, 1.807) is 0 Å². The summed E-state index contributed by atoms with van der Waals surface area (Å²) in [6, 6.07) is 0. The minimum atomic E-state index is 0. The molecule has 1 saturated heterocycles. The maximum absolute atomic E-state index is 5.65. The van der Waals surface area contributed by atoms with Gasteiger partial charge in [-0.05, 0) is 50.9 Å². The van der Waals surface area contributed by atoms with Crippen molar-refractivity contribution in [1.82, 2.24) is 10.6 Å². The lowest BCUT2D eigenvalue weighted by atomic mass is 9.67. The minimum Gasteiger partial charge on any atom is -0.378 e. The van der Waals surface area contributed by atoms with Gasteiger partial charge < -0.3 is 15.4 Å². The quantitative estimate of drug-likeness (QED) is 0.385. The van der Waals surface area contributed by atoms with Crippen molar-refractivity contribution in [2.24, 2.45) is 10.4 Å². The highest BCUT2D eigenvalue weighted by Crippen LogP contribution is 2.43. The van der Waals surface area contributed by atoms with Crippen LogP contribution in [0.15, 0.2) is 4.99 Å². The van der Waals surface area contributed by atoms with Gasteiger partial charge in [0.15, 0.2) is 5.96 Å². The Hall–Kier alpha value is -0.0400. The normalized spacial score (nSPS) is 24.1. The summed E-state index contributed by atoms with van der Waals surface area (Å²) in [6.45, 7) is 8.21. The van der Waals surface area contributed by atoms with Crippen LogP contribution in [-0.4, -0.2) is 38.3 Å². The Kier molecular flexibility index (Phi) is 8.94. The molecule has 5 heteroatoms. The summed E-state index contributed by atoms with van der Waals surface area (Å²) in [5, 5.41) is 6.80. The molecule has 2 rings (SSSR count). The summed E-state index contributed by atoms with van der Waals surface area (Å²) in [5.41, 5.74) is 0.497. The van der Waals surface area contributed by atoms with Crippen molar-refractivity contribution < 1.29 is 4.74 Å². The van der Waals surface area contributed by atoms with Crippen molar-refractivity contribution in [3.05, 3.63) is 0 Å². The lowest BCUT2D eigenvalue weighted by molar-refractivity contribution is 0.105.